The maximum Gasteiger partial charge on any atom is 0.407 e. The standard InChI is InChI=1S/C13H17NO3/c1-10(8-11(2)15)14-13(16)17-9-12-6-4-3-5-7-12/h3-7,10H,8-9H2,1-2H3,(H,14,16). The van der Waals surface area contributed by atoms with E-state index in [0.29, 0.717) is 6.42 Å². The van der Waals surface area contributed by atoms with E-state index < -0.39 is 6.09 Å². The highest BCUT2D eigenvalue weighted by molar-refractivity contribution is 5.77. The maximum absolute atomic E-state index is 11.4. The number of amides is 1. The highest BCUT2D eigenvalue weighted by Crippen LogP contribution is 2.01. The summed E-state index contributed by atoms with van der Waals surface area (Å²) in [5.74, 6) is 0.0425. The lowest BCUT2D eigenvalue weighted by molar-refractivity contribution is -0.117. The SMILES string of the molecule is CC(=O)CC(C)NC(=O)OCc1ccccc1. The van der Waals surface area contributed by atoms with Crippen molar-refractivity contribution < 1.29 is 14.3 Å². The van der Waals surface area contributed by atoms with E-state index in [0.717, 1.165) is 5.56 Å². The van der Waals surface area contributed by atoms with Crippen LogP contribution in [0.5, 0.6) is 0 Å². The second-order valence-electron chi connectivity index (χ2n) is 4.01. The van der Waals surface area contributed by atoms with Crippen LogP contribution in [-0.4, -0.2) is 17.9 Å². The molecule has 0 saturated carbocycles. The van der Waals surface area contributed by atoms with Crippen molar-refractivity contribution in [3.8, 4) is 0 Å². The van der Waals surface area contributed by atoms with Crippen LogP contribution in [0.25, 0.3) is 0 Å². The molecular weight excluding hydrogens is 218 g/mol. The Morgan fingerprint density at radius 2 is 1.94 bits per heavy atom. The second kappa shape index (κ2) is 6.68. The van der Waals surface area contributed by atoms with Crippen LogP contribution in [0.4, 0.5) is 4.79 Å². The fourth-order valence-electron chi connectivity index (χ4n) is 1.45. The van der Waals surface area contributed by atoms with Gasteiger partial charge in [0.05, 0.1) is 0 Å². The summed E-state index contributed by atoms with van der Waals surface area (Å²) in [6, 6.07) is 9.23. The number of carbonyl (C=O) groups is 2. The summed E-state index contributed by atoms with van der Waals surface area (Å²) < 4.78 is 5.02. The van der Waals surface area contributed by atoms with Gasteiger partial charge in [-0.2, -0.15) is 0 Å². The molecule has 17 heavy (non-hydrogen) atoms. The molecule has 0 spiro atoms. The van der Waals surface area contributed by atoms with Gasteiger partial charge in [0.15, 0.2) is 0 Å². The number of hydrogen-bond donors (Lipinski definition) is 1. The predicted octanol–water partition coefficient (Wildman–Crippen LogP) is 2.28. The zero-order chi connectivity index (χ0) is 12.7. The van der Waals surface area contributed by atoms with Gasteiger partial charge in [-0.1, -0.05) is 30.3 Å². The van der Waals surface area contributed by atoms with Crippen molar-refractivity contribution in [1.82, 2.24) is 5.32 Å². The molecule has 4 nitrogen and oxygen atoms in total. The van der Waals surface area contributed by atoms with E-state index in [1.807, 2.05) is 30.3 Å². The predicted molar refractivity (Wildman–Crippen MR) is 64.5 cm³/mol. The monoisotopic (exact) mass is 235 g/mol. The number of hydrogen-bond acceptors (Lipinski definition) is 3. The average Bonchev–Trinajstić information content (AvgIpc) is 2.26. The van der Waals surface area contributed by atoms with Gasteiger partial charge in [-0.05, 0) is 19.4 Å². The molecule has 0 bridgehead atoms. The fraction of sp³-hybridized carbons (Fsp3) is 0.385. The average molecular weight is 235 g/mol. The number of alkyl carbamates (subject to hydrolysis) is 1. The summed E-state index contributed by atoms with van der Waals surface area (Å²) in [6.45, 7) is 3.50. The first-order chi connectivity index (χ1) is 8.08. The van der Waals surface area contributed by atoms with Crippen LogP contribution in [0.2, 0.25) is 0 Å². The minimum absolute atomic E-state index is 0.0425. The number of Topliss-reactive ketones (excluding diaryl/α,β-unsaturated/α-hetero) is 1. The maximum atomic E-state index is 11.4. The second-order valence-corrected chi connectivity index (χ2v) is 4.01. The van der Waals surface area contributed by atoms with Crippen molar-refractivity contribution >= 4 is 11.9 Å². The van der Waals surface area contributed by atoms with Crippen molar-refractivity contribution in [2.45, 2.75) is 32.9 Å². The van der Waals surface area contributed by atoms with Gasteiger partial charge in [0.1, 0.15) is 12.4 Å². The Morgan fingerprint density at radius 3 is 2.53 bits per heavy atom. The van der Waals surface area contributed by atoms with Crippen LogP contribution in [0.1, 0.15) is 25.8 Å². The lowest BCUT2D eigenvalue weighted by Crippen LogP contribution is -2.34. The molecule has 1 aromatic rings. The van der Waals surface area contributed by atoms with Crippen molar-refractivity contribution in [3.63, 3.8) is 0 Å². The minimum Gasteiger partial charge on any atom is -0.445 e. The molecule has 4 heteroatoms. The Labute approximate surface area is 101 Å². The lowest BCUT2D eigenvalue weighted by Gasteiger charge is -2.12. The first-order valence-electron chi connectivity index (χ1n) is 5.54. The van der Waals surface area contributed by atoms with Crippen LogP contribution in [0.15, 0.2) is 30.3 Å². The van der Waals surface area contributed by atoms with E-state index in [-0.39, 0.29) is 18.4 Å². The van der Waals surface area contributed by atoms with E-state index in [4.69, 9.17) is 4.74 Å². The third kappa shape index (κ3) is 5.70. The Bertz CT molecular complexity index is 376. The third-order valence-corrected chi connectivity index (χ3v) is 2.17. The third-order valence-electron chi connectivity index (χ3n) is 2.17. The largest absolute Gasteiger partial charge is 0.445 e. The fourth-order valence-corrected chi connectivity index (χ4v) is 1.45. The summed E-state index contributed by atoms with van der Waals surface area (Å²) >= 11 is 0. The summed E-state index contributed by atoms with van der Waals surface area (Å²) in [5, 5.41) is 2.60. The molecule has 0 aromatic heterocycles. The molecule has 0 fully saturated rings. The zero-order valence-electron chi connectivity index (χ0n) is 10.1. The van der Waals surface area contributed by atoms with Crippen LogP contribution in [0, 0.1) is 0 Å². The van der Waals surface area contributed by atoms with Crippen LogP contribution in [-0.2, 0) is 16.1 Å². The topological polar surface area (TPSA) is 55.4 Å². The van der Waals surface area contributed by atoms with Gasteiger partial charge < -0.3 is 10.1 Å². The molecule has 0 aliphatic heterocycles. The molecule has 1 aromatic carbocycles. The van der Waals surface area contributed by atoms with Crippen molar-refractivity contribution in [2.24, 2.45) is 0 Å². The van der Waals surface area contributed by atoms with Crippen LogP contribution >= 0.6 is 0 Å². The molecule has 1 N–H and O–H groups in total. The molecule has 0 aliphatic rings. The van der Waals surface area contributed by atoms with E-state index in [1.54, 1.807) is 6.92 Å². The van der Waals surface area contributed by atoms with Gasteiger partial charge in [-0.15, -0.1) is 0 Å². The molecular formula is C13H17NO3. The number of carbonyl (C=O) groups excluding carboxylic acids is 2. The number of nitrogens with one attached hydrogen (secondary N) is 1. The Hall–Kier alpha value is -1.84. The van der Waals surface area contributed by atoms with Gasteiger partial charge in [-0.25, -0.2) is 4.79 Å². The number of ether oxygens (including phenoxy) is 1. The number of rotatable bonds is 5. The highest BCUT2D eigenvalue weighted by atomic mass is 16.5. The Morgan fingerprint density at radius 1 is 1.29 bits per heavy atom. The zero-order valence-corrected chi connectivity index (χ0v) is 10.1. The smallest absolute Gasteiger partial charge is 0.407 e. The molecule has 1 amide bonds. The number of ketones is 1. The van der Waals surface area contributed by atoms with Gasteiger partial charge in [0.25, 0.3) is 0 Å². The molecule has 0 heterocycles. The van der Waals surface area contributed by atoms with Crippen LogP contribution in [0.3, 0.4) is 0 Å². The first-order valence-corrected chi connectivity index (χ1v) is 5.54. The molecule has 1 atom stereocenters. The molecule has 92 valence electrons. The summed E-state index contributed by atoms with van der Waals surface area (Å²) in [5.41, 5.74) is 0.932. The Balaban J connectivity index is 2.28. The summed E-state index contributed by atoms with van der Waals surface area (Å²) in [4.78, 5) is 22.2. The van der Waals surface area contributed by atoms with Crippen LogP contribution < -0.4 is 5.32 Å². The van der Waals surface area contributed by atoms with E-state index in [1.165, 1.54) is 6.92 Å². The molecule has 0 saturated heterocycles. The van der Waals surface area contributed by atoms with Gasteiger partial charge >= 0.3 is 6.09 Å². The normalized spacial score (nSPS) is 11.6. The number of benzene rings is 1. The van der Waals surface area contributed by atoms with E-state index in [2.05, 4.69) is 5.32 Å². The van der Waals surface area contributed by atoms with Gasteiger partial charge in [0, 0.05) is 12.5 Å². The van der Waals surface area contributed by atoms with Crippen molar-refractivity contribution in [2.75, 3.05) is 0 Å². The van der Waals surface area contributed by atoms with Crippen molar-refractivity contribution in [3.05, 3.63) is 35.9 Å². The van der Waals surface area contributed by atoms with E-state index in [9.17, 15) is 9.59 Å². The van der Waals surface area contributed by atoms with Gasteiger partial charge in [-0.3, -0.25) is 4.79 Å². The van der Waals surface area contributed by atoms with Crippen molar-refractivity contribution in [1.29, 1.82) is 0 Å². The molecule has 0 radical (unpaired) electrons. The lowest BCUT2D eigenvalue weighted by atomic mass is 10.2. The molecule has 1 unspecified atom stereocenters. The Kier molecular flexibility index (Phi) is 5.20. The molecule has 0 aliphatic carbocycles. The first kappa shape index (κ1) is 13.2. The summed E-state index contributed by atoms with van der Waals surface area (Å²) in [6.07, 6.45) is -0.178. The summed E-state index contributed by atoms with van der Waals surface area (Å²) in [7, 11) is 0. The molecule has 1 rings (SSSR count). The van der Waals surface area contributed by atoms with Gasteiger partial charge in [0.2, 0.25) is 0 Å². The highest BCUT2D eigenvalue weighted by Gasteiger charge is 2.09. The minimum atomic E-state index is -0.498. The van der Waals surface area contributed by atoms with E-state index >= 15 is 0 Å². The quantitative estimate of drug-likeness (QED) is 0.851.